The van der Waals surface area contributed by atoms with Crippen molar-refractivity contribution in [3.63, 3.8) is 0 Å². The SMILES string of the molecule is CCCCCNC(=O)N(CCCC)CCCC. The summed E-state index contributed by atoms with van der Waals surface area (Å²) < 4.78 is 0. The number of rotatable bonds is 10. The smallest absolute Gasteiger partial charge is 0.317 e. The standard InChI is InChI=1S/C14H30N2O/c1-4-7-10-11-15-14(17)16(12-8-5-2)13-9-6-3/h4-13H2,1-3H3,(H,15,17). The Morgan fingerprint density at radius 3 is 1.88 bits per heavy atom. The molecule has 0 bridgehead atoms. The molecule has 0 aliphatic heterocycles. The number of carbonyl (C=O) groups is 1. The van der Waals surface area contributed by atoms with E-state index in [9.17, 15) is 4.79 Å². The van der Waals surface area contributed by atoms with Gasteiger partial charge in [0.05, 0.1) is 0 Å². The van der Waals surface area contributed by atoms with Crippen molar-refractivity contribution in [2.45, 2.75) is 65.7 Å². The molecular formula is C14H30N2O. The first-order valence-corrected chi connectivity index (χ1v) is 7.29. The highest BCUT2D eigenvalue weighted by Gasteiger charge is 2.10. The molecule has 0 heterocycles. The molecule has 0 aromatic rings. The van der Waals surface area contributed by atoms with E-state index in [1.54, 1.807) is 0 Å². The molecule has 0 aromatic carbocycles. The van der Waals surface area contributed by atoms with Crippen LogP contribution in [0, 0.1) is 0 Å². The second-order valence-corrected chi connectivity index (χ2v) is 4.63. The van der Waals surface area contributed by atoms with Gasteiger partial charge >= 0.3 is 6.03 Å². The minimum atomic E-state index is 0.128. The summed E-state index contributed by atoms with van der Waals surface area (Å²) in [5.41, 5.74) is 0. The Bertz CT molecular complexity index is 175. The van der Waals surface area contributed by atoms with Crippen LogP contribution >= 0.6 is 0 Å². The third kappa shape index (κ3) is 9.02. The zero-order valence-corrected chi connectivity index (χ0v) is 11.9. The first kappa shape index (κ1) is 16.3. The first-order valence-electron chi connectivity index (χ1n) is 7.29. The van der Waals surface area contributed by atoms with E-state index in [-0.39, 0.29) is 6.03 Å². The van der Waals surface area contributed by atoms with E-state index >= 15 is 0 Å². The summed E-state index contributed by atoms with van der Waals surface area (Å²) in [5, 5.41) is 3.02. The summed E-state index contributed by atoms with van der Waals surface area (Å²) in [4.78, 5) is 13.9. The van der Waals surface area contributed by atoms with Crippen molar-refractivity contribution in [1.29, 1.82) is 0 Å². The predicted molar refractivity (Wildman–Crippen MR) is 74.3 cm³/mol. The van der Waals surface area contributed by atoms with Crippen LogP contribution in [0.4, 0.5) is 4.79 Å². The summed E-state index contributed by atoms with van der Waals surface area (Å²) in [7, 11) is 0. The van der Waals surface area contributed by atoms with Gasteiger partial charge in [-0.2, -0.15) is 0 Å². The van der Waals surface area contributed by atoms with E-state index < -0.39 is 0 Å². The number of unbranched alkanes of at least 4 members (excludes halogenated alkanes) is 4. The fourth-order valence-corrected chi connectivity index (χ4v) is 1.69. The Morgan fingerprint density at radius 1 is 0.882 bits per heavy atom. The van der Waals surface area contributed by atoms with Gasteiger partial charge in [0.25, 0.3) is 0 Å². The lowest BCUT2D eigenvalue weighted by Gasteiger charge is -2.22. The van der Waals surface area contributed by atoms with Crippen molar-refractivity contribution in [2.24, 2.45) is 0 Å². The van der Waals surface area contributed by atoms with Gasteiger partial charge in [0, 0.05) is 19.6 Å². The molecule has 2 amide bonds. The molecule has 0 fully saturated rings. The summed E-state index contributed by atoms with van der Waals surface area (Å²) in [6.45, 7) is 9.12. The molecule has 102 valence electrons. The lowest BCUT2D eigenvalue weighted by Crippen LogP contribution is -2.41. The molecule has 0 spiro atoms. The van der Waals surface area contributed by atoms with Gasteiger partial charge in [0.15, 0.2) is 0 Å². The van der Waals surface area contributed by atoms with E-state index in [4.69, 9.17) is 0 Å². The van der Waals surface area contributed by atoms with Gasteiger partial charge < -0.3 is 10.2 Å². The highest BCUT2D eigenvalue weighted by molar-refractivity contribution is 5.74. The quantitative estimate of drug-likeness (QED) is 0.581. The Balaban J connectivity index is 3.85. The fraction of sp³-hybridized carbons (Fsp3) is 0.929. The Labute approximate surface area is 107 Å². The van der Waals surface area contributed by atoms with Crippen LogP contribution in [0.25, 0.3) is 0 Å². The number of carbonyl (C=O) groups excluding carboxylic acids is 1. The monoisotopic (exact) mass is 242 g/mol. The molecule has 0 aliphatic rings. The third-order valence-corrected chi connectivity index (χ3v) is 2.91. The van der Waals surface area contributed by atoms with Crippen molar-refractivity contribution in [3.8, 4) is 0 Å². The predicted octanol–water partition coefficient (Wildman–Crippen LogP) is 3.79. The van der Waals surface area contributed by atoms with Crippen LogP contribution in [0.15, 0.2) is 0 Å². The molecule has 0 saturated heterocycles. The molecule has 0 unspecified atom stereocenters. The summed E-state index contributed by atoms with van der Waals surface area (Å²) in [6, 6.07) is 0.128. The summed E-state index contributed by atoms with van der Waals surface area (Å²) in [6.07, 6.45) is 7.99. The molecule has 0 saturated carbocycles. The van der Waals surface area contributed by atoms with Gasteiger partial charge in [-0.3, -0.25) is 0 Å². The van der Waals surface area contributed by atoms with E-state index in [0.717, 1.165) is 51.7 Å². The average molecular weight is 242 g/mol. The van der Waals surface area contributed by atoms with Crippen molar-refractivity contribution in [1.82, 2.24) is 10.2 Å². The number of hydrogen-bond acceptors (Lipinski definition) is 1. The number of amides is 2. The molecule has 1 N–H and O–H groups in total. The topological polar surface area (TPSA) is 32.3 Å². The maximum atomic E-state index is 11.9. The molecule has 0 aromatic heterocycles. The Hall–Kier alpha value is -0.730. The van der Waals surface area contributed by atoms with Gasteiger partial charge in [-0.05, 0) is 19.3 Å². The number of urea groups is 1. The molecule has 0 radical (unpaired) electrons. The van der Waals surface area contributed by atoms with Crippen molar-refractivity contribution >= 4 is 6.03 Å². The molecule has 0 atom stereocenters. The van der Waals surface area contributed by atoms with Crippen LogP contribution in [0.1, 0.15) is 65.7 Å². The maximum Gasteiger partial charge on any atom is 0.317 e. The van der Waals surface area contributed by atoms with E-state index in [1.807, 2.05) is 4.90 Å². The zero-order chi connectivity index (χ0) is 12.9. The molecule has 17 heavy (non-hydrogen) atoms. The van der Waals surface area contributed by atoms with Gasteiger partial charge in [-0.1, -0.05) is 46.5 Å². The lowest BCUT2D eigenvalue weighted by atomic mass is 10.2. The van der Waals surface area contributed by atoms with Gasteiger partial charge in [-0.25, -0.2) is 4.79 Å². The third-order valence-electron chi connectivity index (χ3n) is 2.91. The van der Waals surface area contributed by atoms with Gasteiger partial charge in [-0.15, -0.1) is 0 Å². The normalized spacial score (nSPS) is 10.3. The average Bonchev–Trinajstić information content (AvgIpc) is 2.34. The van der Waals surface area contributed by atoms with Crippen molar-refractivity contribution in [3.05, 3.63) is 0 Å². The van der Waals surface area contributed by atoms with E-state index in [0.29, 0.717) is 0 Å². The van der Waals surface area contributed by atoms with Crippen molar-refractivity contribution in [2.75, 3.05) is 19.6 Å². The minimum Gasteiger partial charge on any atom is -0.338 e. The zero-order valence-electron chi connectivity index (χ0n) is 11.9. The Morgan fingerprint density at radius 2 is 1.41 bits per heavy atom. The molecule has 3 heteroatoms. The first-order chi connectivity index (χ1) is 8.26. The van der Waals surface area contributed by atoms with Crippen LogP contribution in [0.5, 0.6) is 0 Å². The molecule has 3 nitrogen and oxygen atoms in total. The number of nitrogens with one attached hydrogen (secondary N) is 1. The molecule has 0 rings (SSSR count). The van der Waals surface area contributed by atoms with Crippen LogP contribution in [0.2, 0.25) is 0 Å². The van der Waals surface area contributed by atoms with E-state index in [2.05, 4.69) is 26.1 Å². The van der Waals surface area contributed by atoms with Crippen molar-refractivity contribution < 1.29 is 4.79 Å². The van der Waals surface area contributed by atoms with Gasteiger partial charge in [0.2, 0.25) is 0 Å². The van der Waals surface area contributed by atoms with Crippen LogP contribution in [-0.4, -0.2) is 30.6 Å². The molecular weight excluding hydrogens is 212 g/mol. The fourth-order valence-electron chi connectivity index (χ4n) is 1.69. The number of hydrogen-bond donors (Lipinski definition) is 1. The maximum absolute atomic E-state index is 11.9. The second-order valence-electron chi connectivity index (χ2n) is 4.63. The summed E-state index contributed by atoms with van der Waals surface area (Å²) >= 11 is 0. The molecule has 0 aliphatic carbocycles. The minimum absolute atomic E-state index is 0.128. The highest BCUT2D eigenvalue weighted by atomic mass is 16.2. The van der Waals surface area contributed by atoms with E-state index in [1.165, 1.54) is 12.8 Å². The Kier molecular flexibility index (Phi) is 11.2. The van der Waals surface area contributed by atoms with Gasteiger partial charge in [0.1, 0.15) is 0 Å². The largest absolute Gasteiger partial charge is 0.338 e. The number of nitrogens with zero attached hydrogens (tertiary/aromatic N) is 1. The van der Waals surface area contributed by atoms with Crippen LogP contribution in [-0.2, 0) is 0 Å². The van der Waals surface area contributed by atoms with Crippen LogP contribution in [0.3, 0.4) is 0 Å². The lowest BCUT2D eigenvalue weighted by molar-refractivity contribution is 0.196. The second kappa shape index (κ2) is 11.7. The highest BCUT2D eigenvalue weighted by Crippen LogP contribution is 2.00. The summed E-state index contributed by atoms with van der Waals surface area (Å²) in [5.74, 6) is 0. The van der Waals surface area contributed by atoms with Crippen LogP contribution < -0.4 is 5.32 Å².